The van der Waals surface area contributed by atoms with Crippen molar-refractivity contribution in [3.8, 4) is 0 Å². The van der Waals surface area contributed by atoms with Crippen LogP contribution in [0.15, 0.2) is 76.1 Å². The number of benzene rings is 2. The molecule has 0 fully saturated rings. The fourth-order valence-corrected chi connectivity index (χ4v) is 1.60. The zero-order valence-corrected chi connectivity index (χ0v) is 11.1. The van der Waals surface area contributed by atoms with Gasteiger partial charge in [0.1, 0.15) is 0 Å². The Hall–Kier alpha value is -2.49. The molecule has 96 valence electrons. The van der Waals surface area contributed by atoms with Crippen LogP contribution < -0.4 is 0 Å². The van der Waals surface area contributed by atoms with Gasteiger partial charge in [-0.3, -0.25) is 0 Å². The third-order valence-electron chi connectivity index (χ3n) is 2.51. The maximum Gasteiger partial charge on any atom is 0.159 e. The van der Waals surface area contributed by atoms with E-state index in [0.717, 1.165) is 17.1 Å². The Morgan fingerprint density at radius 1 is 0.842 bits per heavy atom. The van der Waals surface area contributed by atoms with Gasteiger partial charge in [-0.1, -0.05) is 48.5 Å². The first-order chi connectivity index (χ1) is 9.27. The first kappa shape index (κ1) is 13.0. The lowest BCUT2D eigenvalue weighted by atomic mass is 10.2. The van der Waals surface area contributed by atoms with E-state index in [4.69, 9.17) is 0 Å². The highest BCUT2D eigenvalue weighted by molar-refractivity contribution is 5.98. The molecule has 0 aliphatic rings. The van der Waals surface area contributed by atoms with E-state index in [2.05, 4.69) is 15.4 Å². The zero-order valence-electron chi connectivity index (χ0n) is 11.1. The summed E-state index contributed by atoms with van der Waals surface area (Å²) < 4.78 is 0. The monoisotopic (exact) mass is 252 g/mol. The maximum absolute atomic E-state index is 4.19. The molecule has 0 saturated heterocycles. The average Bonchev–Trinajstić information content (AvgIpc) is 2.45. The van der Waals surface area contributed by atoms with Crippen LogP contribution in [0.4, 0.5) is 5.69 Å². The summed E-state index contributed by atoms with van der Waals surface area (Å²) in [6.07, 6.45) is 0. The maximum atomic E-state index is 4.19. The minimum Gasteiger partial charge on any atom is -0.361 e. The second kappa shape index (κ2) is 6.44. The minimum atomic E-state index is 0.778. The molecule has 0 radical (unpaired) electrons. The van der Waals surface area contributed by atoms with E-state index in [-0.39, 0.29) is 0 Å². The standard InChI is InChI=1S/C15H16N4/c1-19(2)15(13-9-5-3-6-10-13)17-18-16-14-11-7-4-8-12-14/h3-12H,1-2H3/b17-15+,18-16?. The summed E-state index contributed by atoms with van der Waals surface area (Å²) in [6, 6.07) is 19.5. The molecule has 0 aliphatic heterocycles. The van der Waals surface area contributed by atoms with Crippen LogP contribution in [0.1, 0.15) is 5.56 Å². The van der Waals surface area contributed by atoms with Gasteiger partial charge in [-0.2, -0.15) is 0 Å². The largest absolute Gasteiger partial charge is 0.361 e. The predicted octanol–water partition coefficient (Wildman–Crippen LogP) is 3.69. The Morgan fingerprint density at radius 2 is 1.42 bits per heavy atom. The normalized spacial score (nSPS) is 11.8. The number of rotatable bonds is 3. The van der Waals surface area contributed by atoms with Gasteiger partial charge in [0.25, 0.3) is 0 Å². The predicted molar refractivity (Wildman–Crippen MR) is 77.6 cm³/mol. The van der Waals surface area contributed by atoms with Gasteiger partial charge in [-0.15, -0.1) is 10.2 Å². The highest BCUT2D eigenvalue weighted by Crippen LogP contribution is 2.11. The highest BCUT2D eigenvalue weighted by Gasteiger charge is 2.04. The zero-order chi connectivity index (χ0) is 13.5. The van der Waals surface area contributed by atoms with E-state index >= 15 is 0 Å². The van der Waals surface area contributed by atoms with E-state index in [1.54, 1.807) is 0 Å². The Balaban J connectivity index is 2.21. The Bertz CT molecular complexity index is 559. The molecule has 2 rings (SSSR count). The van der Waals surface area contributed by atoms with Gasteiger partial charge >= 0.3 is 0 Å². The molecular weight excluding hydrogens is 236 g/mol. The molecule has 4 nitrogen and oxygen atoms in total. The van der Waals surface area contributed by atoms with Crippen LogP contribution in [0.5, 0.6) is 0 Å². The molecule has 19 heavy (non-hydrogen) atoms. The molecule has 4 heteroatoms. The quantitative estimate of drug-likeness (QED) is 0.355. The second-order valence-electron chi connectivity index (χ2n) is 4.21. The molecule has 0 spiro atoms. The molecular formula is C15H16N4. The van der Waals surface area contributed by atoms with Crippen LogP contribution in [0, 0.1) is 0 Å². The first-order valence-electron chi connectivity index (χ1n) is 6.04. The molecule has 0 amide bonds. The summed E-state index contributed by atoms with van der Waals surface area (Å²) >= 11 is 0. The van der Waals surface area contributed by atoms with Crippen molar-refractivity contribution in [3.63, 3.8) is 0 Å². The molecule has 0 atom stereocenters. The summed E-state index contributed by atoms with van der Waals surface area (Å²) in [5.41, 5.74) is 1.80. The lowest BCUT2D eigenvalue weighted by Gasteiger charge is -2.13. The molecule has 0 bridgehead atoms. The van der Waals surface area contributed by atoms with Crippen molar-refractivity contribution < 1.29 is 0 Å². The number of hydrogen-bond donors (Lipinski definition) is 0. The number of hydrogen-bond acceptors (Lipinski definition) is 2. The molecule has 2 aromatic carbocycles. The third kappa shape index (κ3) is 3.74. The van der Waals surface area contributed by atoms with Gasteiger partial charge in [0.05, 0.1) is 5.69 Å². The summed E-state index contributed by atoms with van der Waals surface area (Å²) in [5.74, 6) is 0.778. The van der Waals surface area contributed by atoms with Crippen molar-refractivity contribution in [2.24, 2.45) is 15.4 Å². The van der Waals surface area contributed by atoms with Gasteiger partial charge in [0, 0.05) is 19.7 Å². The minimum absolute atomic E-state index is 0.778. The highest BCUT2D eigenvalue weighted by atomic mass is 15.4. The van der Waals surface area contributed by atoms with Gasteiger partial charge in [-0.05, 0) is 17.4 Å². The van der Waals surface area contributed by atoms with E-state index in [0.29, 0.717) is 0 Å². The Kier molecular flexibility index (Phi) is 4.39. The molecule has 0 saturated carbocycles. The van der Waals surface area contributed by atoms with Crippen LogP contribution in [-0.4, -0.2) is 24.8 Å². The summed E-state index contributed by atoms with van der Waals surface area (Å²) in [4.78, 5) is 1.92. The van der Waals surface area contributed by atoms with E-state index in [9.17, 15) is 0 Å². The third-order valence-corrected chi connectivity index (χ3v) is 2.51. The Morgan fingerprint density at radius 3 is 2.00 bits per heavy atom. The Labute approximate surface area is 113 Å². The van der Waals surface area contributed by atoms with E-state index in [1.807, 2.05) is 79.7 Å². The van der Waals surface area contributed by atoms with Crippen molar-refractivity contribution in [1.29, 1.82) is 0 Å². The molecule has 0 unspecified atom stereocenters. The summed E-state index contributed by atoms with van der Waals surface area (Å²) in [5, 5.41) is 12.2. The molecule has 0 heterocycles. The molecule has 2 aromatic rings. The molecule has 0 aromatic heterocycles. The van der Waals surface area contributed by atoms with Crippen molar-refractivity contribution in [2.75, 3.05) is 14.1 Å². The summed E-state index contributed by atoms with van der Waals surface area (Å²) in [7, 11) is 3.87. The fourth-order valence-electron chi connectivity index (χ4n) is 1.60. The van der Waals surface area contributed by atoms with Gasteiger partial charge in [-0.25, -0.2) is 0 Å². The van der Waals surface area contributed by atoms with E-state index in [1.165, 1.54) is 0 Å². The summed E-state index contributed by atoms with van der Waals surface area (Å²) in [6.45, 7) is 0. The topological polar surface area (TPSA) is 40.3 Å². The van der Waals surface area contributed by atoms with Crippen LogP contribution in [0.25, 0.3) is 0 Å². The van der Waals surface area contributed by atoms with E-state index < -0.39 is 0 Å². The first-order valence-corrected chi connectivity index (χ1v) is 6.04. The molecule has 0 aliphatic carbocycles. The lowest BCUT2D eigenvalue weighted by molar-refractivity contribution is 0.619. The van der Waals surface area contributed by atoms with Crippen LogP contribution in [0.3, 0.4) is 0 Å². The average molecular weight is 252 g/mol. The molecule has 0 N–H and O–H groups in total. The van der Waals surface area contributed by atoms with Gasteiger partial charge in [0.15, 0.2) is 5.84 Å². The van der Waals surface area contributed by atoms with Gasteiger partial charge < -0.3 is 4.90 Å². The second-order valence-corrected chi connectivity index (χ2v) is 4.21. The van der Waals surface area contributed by atoms with Crippen molar-refractivity contribution in [1.82, 2.24) is 4.90 Å². The fraction of sp³-hybridized carbons (Fsp3) is 0.133. The van der Waals surface area contributed by atoms with Gasteiger partial charge in [0.2, 0.25) is 0 Å². The van der Waals surface area contributed by atoms with Crippen LogP contribution in [0.2, 0.25) is 0 Å². The SMILES string of the molecule is CN(C)/C(=N/N=Nc1ccccc1)c1ccccc1. The van der Waals surface area contributed by atoms with Crippen molar-refractivity contribution in [2.45, 2.75) is 0 Å². The smallest absolute Gasteiger partial charge is 0.159 e. The van der Waals surface area contributed by atoms with Crippen molar-refractivity contribution in [3.05, 3.63) is 66.2 Å². The van der Waals surface area contributed by atoms with Crippen LogP contribution >= 0.6 is 0 Å². The van der Waals surface area contributed by atoms with Crippen molar-refractivity contribution >= 4 is 11.5 Å². The number of amidine groups is 1. The van der Waals surface area contributed by atoms with Crippen LogP contribution in [-0.2, 0) is 0 Å². The number of nitrogens with zero attached hydrogens (tertiary/aromatic N) is 4. The lowest BCUT2D eigenvalue weighted by Crippen LogP contribution is -2.22.